The van der Waals surface area contributed by atoms with Crippen LogP contribution in [0.4, 0.5) is 10.5 Å². The molecule has 0 atom stereocenters. The van der Waals surface area contributed by atoms with E-state index in [0.29, 0.717) is 49.1 Å². The van der Waals surface area contributed by atoms with Gasteiger partial charge in [-0.1, -0.05) is 53.5 Å². The van der Waals surface area contributed by atoms with Gasteiger partial charge >= 0.3 is 12.1 Å². The van der Waals surface area contributed by atoms with Gasteiger partial charge in [-0.15, -0.1) is 0 Å². The van der Waals surface area contributed by atoms with E-state index in [1.54, 1.807) is 73.7 Å². The van der Waals surface area contributed by atoms with Crippen molar-refractivity contribution in [2.75, 3.05) is 5.32 Å². The van der Waals surface area contributed by atoms with Gasteiger partial charge in [0.2, 0.25) is 5.78 Å². The fraction of sp³-hybridized carbons (Fsp3) is 0.111. The molecule has 0 aliphatic carbocycles. The molecule has 7 nitrogen and oxygen atoms in total. The summed E-state index contributed by atoms with van der Waals surface area (Å²) in [5, 5.41) is 4.58. The van der Waals surface area contributed by atoms with Crippen LogP contribution < -0.4 is 10.1 Å². The molecule has 0 aliphatic heterocycles. The average Bonchev–Trinajstić information content (AvgIpc) is 2.86. The van der Waals surface area contributed by atoms with Crippen LogP contribution in [0, 0.1) is 6.92 Å². The zero-order chi connectivity index (χ0) is 25.8. The molecule has 0 fully saturated rings. The number of pyridine rings is 1. The normalized spacial score (nSPS) is 10.7. The lowest BCUT2D eigenvalue weighted by Gasteiger charge is -2.13. The number of nitrogens with zero attached hydrogens (tertiary/aromatic N) is 1. The highest BCUT2D eigenvalue weighted by Crippen LogP contribution is 2.31. The quantitative estimate of drug-likeness (QED) is 0.222. The molecule has 0 aliphatic rings. The van der Waals surface area contributed by atoms with Gasteiger partial charge in [0.1, 0.15) is 12.3 Å². The maximum Gasteiger partial charge on any atom is 0.411 e. The van der Waals surface area contributed by atoms with E-state index in [1.807, 2.05) is 0 Å². The highest BCUT2D eigenvalue weighted by atomic mass is 35.5. The number of nitrogens with one attached hydrogen (secondary N) is 1. The van der Waals surface area contributed by atoms with Gasteiger partial charge < -0.3 is 9.47 Å². The van der Waals surface area contributed by atoms with Crippen molar-refractivity contribution in [3.63, 3.8) is 0 Å². The zero-order valence-electron chi connectivity index (χ0n) is 19.3. The highest BCUT2D eigenvalue weighted by molar-refractivity contribution is 6.42. The average molecular weight is 523 g/mol. The number of ether oxygens (including phenoxy) is 2. The molecule has 3 aromatic carbocycles. The van der Waals surface area contributed by atoms with E-state index in [2.05, 4.69) is 10.3 Å². The molecular formula is C27H20Cl2N2O5. The first-order valence-electron chi connectivity index (χ1n) is 10.8. The first-order chi connectivity index (χ1) is 17.2. The van der Waals surface area contributed by atoms with Crippen molar-refractivity contribution < 1.29 is 23.9 Å². The van der Waals surface area contributed by atoms with E-state index in [-0.39, 0.29) is 18.1 Å². The monoisotopic (exact) mass is 522 g/mol. The molecule has 1 aromatic heterocycles. The minimum absolute atomic E-state index is 0.0146. The second kappa shape index (κ2) is 10.8. The Kier molecular flexibility index (Phi) is 7.52. The Balaban J connectivity index is 1.49. The van der Waals surface area contributed by atoms with Crippen molar-refractivity contribution in [2.45, 2.75) is 20.5 Å². The predicted octanol–water partition coefficient (Wildman–Crippen LogP) is 6.76. The van der Waals surface area contributed by atoms with Crippen LogP contribution in [0.5, 0.6) is 5.75 Å². The number of hydrogen-bond donors (Lipinski definition) is 1. The smallest absolute Gasteiger partial charge is 0.411 e. The second-order valence-electron chi connectivity index (χ2n) is 7.87. The van der Waals surface area contributed by atoms with Gasteiger partial charge in [0.25, 0.3) is 0 Å². The molecule has 0 saturated carbocycles. The van der Waals surface area contributed by atoms with Crippen molar-refractivity contribution in [1.82, 2.24) is 4.98 Å². The molecule has 182 valence electrons. The van der Waals surface area contributed by atoms with Crippen molar-refractivity contribution in [2.24, 2.45) is 0 Å². The lowest BCUT2D eigenvalue weighted by Crippen LogP contribution is -2.14. The van der Waals surface area contributed by atoms with Crippen LogP contribution in [-0.4, -0.2) is 22.8 Å². The van der Waals surface area contributed by atoms with E-state index >= 15 is 0 Å². The van der Waals surface area contributed by atoms with Gasteiger partial charge in [-0.3, -0.25) is 14.9 Å². The van der Waals surface area contributed by atoms with E-state index in [4.69, 9.17) is 32.7 Å². The molecule has 1 heterocycles. The van der Waals surface area contributed by atoms with Gasteiger partial charge in [0.05, 0.1) is 15.7 Å². The summed E-state index contributed by atoms with van der Waals surface area (Å²) in [5.74, 6) is -0.450. The molecule has 0 radical (unpaired) electrons. The van der Waals surface area contributed by atoms with E-state index in [9.17, 15) is 14.4 Å². The summed E-state index contributed by atoms with van der Waals surface area (Å²) in [4.78, 5) is 41.4. The van der Waals surface area contributed by atoms with Crippen LogP contribution in [-0.2, 0) is 16.1 Å². The Morgan fingerprint density at radius 1 is 0.917 bits per heavy atom. The molecule has 0 spiro atoms. The summed E-state index contributed by atoms with van der Waals surface area (Å²) in [7, 11) is 0. The Morgan fingerprint density at radius 2 is 1.61 bits per heavy atom. The topological polar surface area (TPSA) is 94.6 Å². The lowest BCUT2D eigenvalue weighted by atomic mass is 10.0. The molecule has 4 rings (SSSR count). The Hall–Kier alpha value is -3.94. The summed E-state index contributed by atoms with van der Waals surface area (Å²) >= 11 is 11.9. The van der Waals surface area contributed by atoms with Gasteiger partial charge in [-0.25, -0.2) is 9.78 Å². The lowest BCUT2D eigenvalue weighted by molar-refractivity contribution is -0.131. The number of aromatic nitrogens is 1. The third-order valence-corrected chi connectivity index (χ3v) is 5.98. The Labute approximate surface area is 217 Å². The summed E-state index contributed by atoms with van der Waals surface area (Å²) in [6.07, 6.45) is -0.663. The maximum atomic E-state index is 13.3. The van der Waals surface area contributed by atoms with Crippen molar-refractivity contribution in [1.29, 1.82) is 0 Å². The zero-order valence-corrected chi connectivity index (χ0v) is 20.8. The number of amides is 1. The third kappa shape index (κ3) is 5.64. The van der Waals surface area contributed by atoms with Crippen LogP contribution >= 0.6 is 23.2 Å². The van der Waals surface area contributed by atoms with Gasteiger partial charge in [-0.05, 0) is 48.9 Å². The first-order valence-corrected chi connectivity index (χ1v) is 11.6. The molecule has 4 aromatic rings. The van der Waals surface area contributed by atoms with Gasteiger partial charge in [0.15, 0.2) is 5.75 Å². The van der Waals surface area contributed by atoms with Crippen LogP contribution in [0.15, 0.2) is 66.7 Å². The number of halogens is 2. The number of ketones is 1. The standard InChI is InChI=1S/C27H20Cl2N2O5/c1-15-26(36-16(2)32)21-6-4-3-5-20(21)24(30-15)25(33)18-8-10-19(11-9-18)31-27(34)35-14-17-7-12-22(28)23(29)13-17/h3-13H,14H2,1-2H3,(H,31,34). The SMILES string of the molecule is CC(=O)Oc1c(C)nc(C(=O)c2ccc(NC(=O)OCc3ccc(Cl)c(Cl)c3)cc2)c2ccccc12. The molecule has 0 bridgehead atoms. The summed E-state index contributed by atoms with van der Waals surface area (Å²) in [6.45, 7) is 3.00. The second-order valence-corrected chi connectivity index (χ2v) is 8.68. The van der Waals surface area contributed by atoms with Crippen molar-refractivity contribution >= 4 is 57.5 Å². The van der Waals surface area contributed by atoms with Crippen molar-refractivity contribution in [3.8, 4) is 5.75 Å². The van der Waals surface area contributed by atoms with E-state index in [0.717, 1.165) is 0 Å². The number of hydrogen-bond acceptors (Lipinski definition) is 6. The largest absolute Gasteiger partial charge is 0.444 e. The number of carbonyl (C=O) groups is 3. The minimum atomic E-state index is -0.663. The molecule has 36 heavy (non-hydrogen) atoms. The van der Waals surface area contributed by atoms with E-state index < -0.39 is 12.1 Å². The molecule has 0 unspecified atom stereocenters. The Morgan fingerprint density at radius 3 is 2.28 bits per heavy atom. The fourth-order valence-electron chi connectivity index (χ4n) is 3.58. The number of esters is 1. The summed E-state index contributed by atoms with van der Waals surface area (Å²) in [5.41, 5.74) is 2.18. The molecule has 1 amide bonds. The van der Waals surface area contributed by atoms with Crippen LogP contribution in [0.3, 0.4) is 0 Å². The molecular weight excluding hydrogens is 503 g/mol. The van der Waals surface area contributed by atoms with Crippen LogP contribution in [0.25, 0.3) is 10.8 Å². The summed E-state index contributed by atoms with van der Waals surface area (Å²) < 4.78 is 10.5. The minimum Gasteiger partial charge on any atom is -0.444 e. The number of carbonyl (C=O) groups excluding carboxylic acids is 3. The van der Waals surface area contributed by atoms with Gasteiger partial charge in [-0.2, -0.15) is 0 Å². The fourth-order valence-corrected chi connectivity index (χ4v) is 3.90. The number of benzene rings is 3. The summed E-state index contributed by atoms with van der Waals surface area (Å²) in [6, 6.07) is 18.4. The number of aryl methyl sites for hydroxylation is 1. The first kappa shape index (κ1) is 25.2. The molecule has 9 heteroatoms. The van der Waals surface area contributed by atoms with Crippen LogP contribution in [0.2, 0.25) is 10.0 Å². The predicted molar refractivity (Wildman–Crippen MR) is 138 cm³/mol. The number of anilines is 1. The molecule has 1 N–H and O–H groups in total. The van der Waals surface area contributed by atoms with Gasteiger partial charge in [0, 0.05) is 28.9 Å². The highest BCUT2D eigenvalue weighted by Gasteiger charge is 2.20. The number of fused-ring (bicyclic) bond motifs is 1. The van der Waals surface area contributed by atoms with Crippen LogP contribution in [0.1, 0.15) is 34.2 Å². The van der Waals surface area contributed by atoms with Crippen molar-refractivity contribution in [3.05, 3.63) is 99.3 Å². The number of rotatable bonds is 6. The maximum absolute atomic E-state index is 13.3. The Bertz CT molecular complexity index is 1490. The molecule has 0 saturated heterocycles. The third-order valence-electron chi connectivity index (χ3n) is 5.24. The van der Waals surface area contributed by atoms with E-state index in [1.165, 1.54) is 6.92 Å².